The van der Waals surface area contributed by atoms with Gasteiger partial charge in [-0.1, -0.05) is 11.8 Å². The predicted octanol–water partition coefficient (Wildman–Crippen LogP) is 2.32. The van der Waals surface area contributed by atoms with Crippen molar-refractivity contribution in [1.82, 2.24) is 9.97 Å². The molecule has 0 spiro atoms. The molecule has 0 saturated carbocycles. The maximum absolute atomic E-state index is 12.2. The Kier molecular flexibility index (Phi) is 3.92. The van der Waals surface area contributed by atoms with Gasteiger partial charge in [-0.05, 0) is 25.1 Å². The van der Waals surface area contributed by atoms with Crippen molar-refractivity contribution in [1.29, 1.82) is 0 Å². The fourth-order valence-electron chi connectivity index (χ4n) is 1.78. The topological polar surface area (TPSA) is 73.3 Å². The van der Waals surface area contributed by atoms with Crippen LogP contribution >= 0.6 is 11.8 Å². The van der Waals surface area contributed by atoms with Gasteiger partial charge in [0.2, 0.25) is 12.7 Å². The van der Waals surface area contributed by atoms with Gasteiger partial charge in [-0.25, -0.2) is 9.97 Å². The molecular weight excluding hydrogens is 290 g/mol. The average molecular weight is 303 g/mol. The van der Waals surface area contributed by atoms with E-state index in [0.717, 1.165) is 0 Å². The number of anilines is 1. The van der Waals surface area contributed by atoms with E-state index in [9.17, 15) is 4.79 Å². The standard InChI is InChI=1S/C14H13N3O3S/c1-9(21-14-15-5-2-6-16-14)13(18)17-10-3-4-11-12(7-10)20-8-19-11/h2-7,9H,8H2,1H3,(H,17,18)/t9-/m1/s1. The Morgan fingerprint density at radius 1 is 1.29 bits per heavy atom. The molecule has 0 radical (unpaired) electrons. The van der Waals surface area contributed by atoms with E-state index in [1.54, 1.807) is 36.7 Å². The van der Waals surface area contributed by atoms with Gasteiger partial charge in [-0.2, -0.15) is 0 Å². The summed E-state index contributed by atoms with van der Waals surface area (Å²) in [6, 6.07) is 7.04. The molecule has 6 nitrogen and oxygen atoms in total. The van der Waals surface area contributed by atoms with E-state index in [0.29, 0.717) is 22.3 Å². The van der Waals surface area contributed by atoms with Gasteiger partial charge >= 0.3 is 0 Å². The summed E-state index contributed by atoms with van der Waals surface area (Å²) >= 11 is 1.31. The third kappa shape index (κ3) is 3.25. The highest BCUT2D eigenvalue weighted by atomic mass is 32.2. The van der Waals surface area contributed by atoms with E-state index in [1.807, 2.05) is 6.92 Å². The number of nitrogens with zero attached hydrogens (tertiary/aromatic N) is 2. The molecule has 0 aliphatic carbocycles. The van der Waals surface area contributed by atoms with Gasteiger partial charge in [-0.3, -0.25) is 4.79 Å². The first-order valence-electron chi connectivity index (χ1n) is 6.36. The van der Waals surface area contributed by atoms with Crippen LogP contribution in [-0.4, -0.2) is 27.9 Å². The number of amides is 1. The molecule has 1 N–H and O–H groups in total. The van der Waals surface area contributed by atoms with Crippen LogP contribution in [0.2, 0.25) is 0 Å². The quantitative estimate of drug-likeness (QED) is 0.690. The Bertz CT molecular complexity index is 651. The molecule has 1 amide bonds. The third-order valence-corrected chi connectivity index (χ3v) is 3.82. The minimum Gasteiger partial charge on any atom is -0.454 e. The van der Waals surface area contributed by atoms with Crippen molar-refractivity contribution < 1.29 is 14.3 Å². The van der Waals surface area contributed by atoms with Crippen LogP contribution in [0.25, 0.3) is 0 Å². The number of nitrogens with one attached hydrogen (secondary N) is 1. The molecule has 0 fully saturated rings. The van der Waals surface area contributed by atoms with Crippen molar-refractivity contribution in [2.24, 2.45) is 0 Å². The van der Waals surface area contributed by atoms with Crippen LogP contribution in [0.5, 0.6) is 11.5 Å². The minimum atomic E-state index is -0.308. The SMILES string of the molecule is C[C@@H](Sc1ncccn1)C(=O)Nc1ccc2c(c1)OCO2. The van der Waals surface area contributed by atoms with Gasteiger partial charge in [0.1, 0.15) is 0 Å². The predicted molar refractivity (Wildman–Crippen MR) is 78.5 cm³/mol. The minimum absolute atomic E-state index is 0.119. The molecule has 1 aromatic carbocycles. The van der Waals surface area contributed by atoms with E-state index in [1.165, 1.54) is 11.8 Å². The first kappa shape index (κ1) is 13.7. The number of ether oxygens (including phenoxy) is 2. The van der Waals surface area contributed by atoms with E-state index in [4.69, 9.17) is 9.47 Å². The fourth-order valence-corrected chi connectivity index (χ4v) is 2.50. The maximum Gasteiger partial charge on any atom is 0.237 e. The summed E-state index contributed by atoms with van der Waals surface area (Å²) in [5, 5.41) is 3.11. The Labute approximate surface area is 125 Å². The zero-order chi connectivity index (χ0) is 14.7. The molecule has 7 heteroatoms. The van der Waals surface area contributed by atoms with Gasteiger partial charge in [0.05, 0.1) is 5.25 Å². The van der Waals surface area contributed by atoms with Gasteiger partial charge in [0.15, 0.2) is 16.7 Å². The molecule has 1 aliphatic rings. The molecule has 1 atom stereocenters. The zero-order valence-electron chi connectivity index (χ0n) is 11.3. The summed E-state index contributed by atoms with van der Waals surface area (Å²) in [7, 11) is 0. The molecular formula is C14H13N3O3S. The monoisotopic (exact) mass is 303 g/mol. The van der Waals surface area contributed by atoms with Gasteiger partial charge in [0, 0.05) is 24.1 Å². The lowest BCUT2D eigenvalue weighted by molar-refractivity contribution is -0.115. The van der Waals surface area contributed by atoms with Crippen molar-refractivity contribution in [3.05, 3.63) is 36.7 Å². The summed E-state index contributed by atoms with van der Waals surface area (Å²) in [6.07, 6.45) is 3.30. The van der Waals surface area contributed by atoms with Crippen molar-refractivity contribution in [3.63, 3.8) is 0 Å². The normalized spacial score (nSPS) is 13.8. The number of hydrogen-bond donors (Lipinski definition) is 1. The third-order valence-electron chi connectivity index (χ3n) is 2.83. The number of hydrogen-bond acceptors (Lipinski definition) is 6. The second kappa shape index (κ2) is 6.01. The largest absolute Gasteiger partial charge is 0.454 e. The Hall–Kier alpha value is -2.28. The summed E-state index contributed by atoms with van der Waals surface area (Å²) in [5.74, 6) is 1.21. The zero-order valence-corrected chi connectivity index (χ0v) is 12.1. The smallest absolute Gasteiger partial charge is 0.237 e. The molecule has 2 aromatic rings. The van der Waals surface area contributed by atoms with E-state index < -0.39 is 0 Å². The molecule has 0 unspecified atom stereocenters. The Morgan fingerprint density at radius 2 is 2.05 bits per heavy atom. The van der Waals surface area contributed by atoms with Crippen molar-refractivity contribution in [3.8, 4) is 11.5 Å². The molecule has 1 aliphatic heterocycles. The highest BCUT2D eigenvalue weighted by Crippen LogP contribution is 2.34. The van der Waals surface area contributed by atoms with Crippen LogP contribution in [0.3, 0.4) is 0 Å². The number of fused-ring (bicyclic) bond motifs is 1. The number of thioether (sulfide) groups is 1. The van der Waals surface area contributed by atoms with Gasteiger partial charge < -0.3 is 14.8 Å². The van der Waals surface area contributed by atoms with Crippen LogP contribution in [0.4, 0.5) is 5.69 Å². The first-order chi connectivity index (χ1) is 10.2. The summed E-state index contributed by atoms with van der Waals surface area (Å²) in [5.41, 5.74) is 0.672. The molecule has 0 bridgehead atoms. The van der Waals surface area contributed by atoms with Crippen LogP contribution < -0.4 is 14.8 Å². The molecule has 1 aromatic heterocycles. The van der Waals surface area contributed by atoms with Crippen LogP contribution in [-0.2, 0) is 4.79 Å². The Balaban J connectivity index is 1.63. The fraction of sp³-hybridized carbons (Fsp3) is 0.214. The van der Waals surface area contributed by atoms with E-state index in [2.05, 4.69) is 15.3 Å². The van der Waals surface area contributed by atoms with Gasteiger partial charge in [0.25, 0.3) is 0 Å². The number of carbonyl (C=O) groups excluding carboxylic acids is 1. The molecule has 2 heterocycles. The van der Waals surface area contributed by atoms with Crippen molar-refractivity contribution >= 4 is 23.4 Å². The number of rotatable bonds is 4. The summed E-state index contributed by atoms with van der Waals surface area (Å²) < 4.78 is 10.5. The lowest BCUT2D eigenvalue weighted by atomic mass is 10.2. The van der Waals surface area contributed by atoms with Crippen molar-refractivity contribution in [2.75, 3.05) is 12.1 Å². The maximum atomic E-state index is 12.2. The summed E-state index contributed by atoms with van der Waals surface area (Å²) in [6.45, 7) is 2.02. The van der Waals surface area contributed by atoms with Crippen LogP contribution in [0.15, 0.2) is 41.8 Å². The molecule has 108 valence electrons. The first-order valence-corrected chi connectivity index (χ1v) is 7.24. The number of carbonyl (C=O) groups is 1. The molecule has 3 rings (SSSR count). The lowest BCUT2D eigenvalue weighted by Crippen LogP contribution is -2.22. The van der Waals surface area contributed by atoms with Crippen LogP contribution in [0.1, 0.15) is 6.92 Å². The lowest BCUT2D eigenvalue weighted by Gasteiger charge is -2.11. The number of aromatic nitrogens is 2. The second-order valence-electron chi connectivity index (χ2n) is 4.35. The highest BCUT2D eigenvalue weighted by molar-refractivity contribution is 8.00. The second-order valence-corrected chi connectivity index (χ2v) is 5.66. The summed E-state index contributed by atoms with van der Waals surface area (Å²) in [4.78, 5) is 20.3. The molecule has 0 saturated heterocycles. The van der Waals surface area contributed by atoms with E-state index >= 15 is 0 Å². The average Bonchev–Trinajstić information content (AvgIpc) is 2.95. The van der Waals surface area contributed by atoms with E-state index in [-0.39, 0.29) is 18.0 Å². The van der Waals surface area contributed by atoms with Crippen molar-refractivity contribution in [2.45, 2.75) is 17.3 Å². The highest BCUT2D eigenvalue weighted by Gasteiger charge is 2.18. The molecule has 21 heavy (non-hydrogen) atoms. The van der Waals surface area contributed by atoms with Crippen LogP contribution in [0, 0.1) is 0 Å². The number of benzene rings is 1. The Morgan fingerprint density at radius 3 is 2.86 bits per heavy atom. The van der Waals surface area contributed by atoms with Gasteiger partial charge in [-0.15, -0.1) is 0 Å².